The molecule has 0 bridgehead atoms. The predicted octanol–water partition coefficient (Wildman–Crippen LogP) is 3.76. The fourth-order valence-electron chi connectivity index (χ4n) is 6.32. The van der Waals surface area contributed by atoms with Gasteiger partial charge in [0.05, 0.1) is 0 Å². The fourth-order valence-corrected chi connectivity index (χ4v) is 6.32. The van der Waals surface area contributed by atoms with Crippen molar-refractivity contribution in [3.05, 3.63) is 0 Å². The summed E-state index contributed by atoms with van der Waals surface area (Å²) in [6, 6.07) is 0.480. The molecule has 3 aliphatic carbocycles. The van der Waals surface area contributed by atoms with Crippen LogP contribution in [0.5, 0.6) is 0 Å². The highest BCUT2D eigenvalue weighted by atomic mass is 16.1. The van der Waals surface area contributed by atoms with Crippen molar-refractivity contribution in [1.29, 1.82) is 0 Å². The van der Waals surface area contributed by atoms with E-state index < -0.39 is 0 Å². The molecular formula is C19H29NO. The number of carbonyl (C=O) groups excluding carboxylic acids is 1. The highest BCUT2D eigenvalue weighted by Gasteiger charge is 2.55. The lowest BCUT2D eigenvalue weighted by Crippen LogP contribution is -2.59. The molecule has 1 aliphatic heterocycles. The van der Waals surface area contributed by atoms with Crippen LogP contribution in [0, 0.1) is 41.9 Å². The monoisotopic (exact) mass is 287 g/mol. The number of terminal acetylenes is 1. The topological polar surface area (TPSA) is 29.1 Å². The highest BCUT2D eigenvalue weighted by Crippen LogP contribution is 2.59. The molecule has 6 atom stereocenters. The standard InChI is InChI=1S/C17H27NO.C2H2/c1-17-10-9-16(19)18-15(17)8-6-13-12-4-2-3-11(12)5-7-14(13)17;1-2/h11-15H,2-10H2,1H3,(H,18,19);1-2H. The van der Waals surface area contributed by atoms with Crippen LogP contribution in [-0.2, 0) is 4.79 Å². The second-order valence-corrected chi connectivity index (χ2v) is 7.91. The van der Waals surface area contributed by atoms with E-state index in [0.717, 1.165) is 36.5 Å². The molecule has 0 aromatic heterocycles. The summed E-state index contributed by atoms with van der Waals surface area (Å²) in [6.45, 7) is 2.49. The Labute approximate surface area is 129 Å². The Hall–Kier alpha value is -0.970. The summed E-state index contributed by atoms with van der Waals surface area (Å²) < 4.78 is 0. The van der Waals surface area contributed by atoms with E-state index in [9.17, 15) is 4.79 Å². The molecule has 4 fully saturated rings. The van der Waals surface area contributed by atoms with Crippen molar-refractivity contribution in [3.63, 3.8) is 0 Å². The van der Waals surface area contributed by atoms with Gasteiger partial charge in [0.2, 0.25) is 5.91 Å². The van der Waals surface area contributed by atoms with Gasteiger partial charge in [0.15, 0.2) is 0 Å². The summed E-state index contributed by atoms with van der Waals surface area (Å²) >= 11 is 0. The van der Waals surface area contributed by atoms with Gasteiger partial charge in [-0.1, -0.05) is 19.8 Å². The largest absolute Gasteiger partial charge is 0.353 e. The van der Waals surface area contributed by atoms with Gasteiger partial charge in [0.25, 0.3) is 0 Å². The Morgan fingerprint density at radius 1 is 1.05 bits per heavy atom. The Balaban J connectivity index is 0.000000636. The average Bonchev–Trinajstić information content (AvgIpc) is 2.99. The van der Waals surface area contributed by atoms with Crippen molar-refractivity contribution in [2.45, 2.75) is 70.8 Å². The third-order valence-electron chi connectivity index (χ3n) is 7.29. The van der Waals surface area contributed by atoms with Gasteiger partial charge in [-0.3, -0.25) is 4.79 Å². The third kappa shape index (κ3) is 2.30. The number of hydrogen-bond donors (Lipinski definition) is 1. The minimum absolute atomic E-state index is 0.301. The van der Waals surface area contributed by atoms with E-state index in [-0.39, 0.29) is 0 Å². The molecule has 116 valence electrons. The van der Waals surface area contributed by atoms with Crippen LogP contribution in [0.3, 0.4) is 0 Å². The molecule has 0 spiro atoms. The summed E-state index contributed by atoms with van der Waals surface area (Å²) in [6.07, 6.45) is 19.9. The summed E-state index contributed by atoms with van der Waals surface area (Å²) in [5, 5.41) is 3.31. The second kappa shape index (κ2) is 5.67. The van der Waals surface area contributed by atoms with Gasteiger partial charge in [-0.15, -0.1) is 12.8 Å². The van der Waals surface area contributed by atoms with Gasteiger partial charge >= 0.3 is 0 Å². The fraction of sp³-hybridized carbons (Fsp3) is 0.842. The average molecular weight is 287 g/mol. The number of carbonyl (C=O) groups is 1. The molecule has 2 nitrogen and oxygen atoms in total. The summed E-state index contributed by atoms with van der Waals surface area (Å²) in [4.78, 5) is 11.7. The number of piperidine rings is 1. The number of hydrogen-bond acceptors (Lipinski definition) is 1. The normalized spacial score (nSPS) is 48.0. The van der Waals surface area contributed by atoms with E-state index in [2.05, 4.69) is 25.1 Å². The van der Waals surface area contributed by atoms with E-state index in [1.54, 1.807) is 0 Å². The maximum absolute atomic E-state index is 11.7. The zero-order valence-electron chi connectivity index (χ0n) is 13.3. The lowest BCUT2D eigenvalue weighted by atomic mass is 9.50. The van der Waals surface area contributed by atoms with Crippen molar-refractivity contribution >= 4 is 5.91 Å². The Bertz CT molecular complexity index is 429. The second-order valence-electron chi connectivity index (χ2n) is 7.91. The number of fused-ring (bicyclic) bond motifs is 5. The SMILES string of the molecule is C#C.CC12CCC(=O)NC1CCC1C3CCCC3CCC12. The minimum atomic E-state index is 0.301. The van der Waals surface area contributed by atoms with Gasteiger partial charge in [0.1, 0.15) is 0 Å². The molecule has 0 radical (unpaired) electrons. The lowest BCUT2D eigenvalue weighted by molar-refractivity contribution is -0.133. The molecule has 6 unspecified atom stereocenters. The molecule has 4 aliphatic rings. The van der Waals surface area contributed by atoms with Gasteiger partial charge in [-0.2, -0.15) is 0 Å². The van der Waals surface area contributed by atoms with E-state index in [1.807, 2.05) is 0 Å². The van der Waals surface area contributed by atoms with E-state index >= 15 is 0 Å². The Kier molecular flexibility index (Phi) is 4.04. The molecule has 1 saturated heterocycles. The van der Waals surface area contributed by atoms with Crippen LogP contribution in [0.25, 0.3) is 0 Å². The van der Waals surface area contributed by atoms with E-state index in [1.165, 1.54) is 44.9 Å². The molecule has 0 aromatic rings. The van der Waals surface area contributed by atoms with Gasteiger partial charge in [0, 0.05) is 12.5 Å². The first-order valence-corrected chi connectivity index (χ1v) is 8.81. The van der Waals surface area contributed by atoms with Crippen LogP contribution in [0.2, 0.25) is 0 Å². The first kappa shape index (κ1) is 14.9. The van der Waals surface area contributed by atoms with Crippen LogP contribution in [0.4, 0.5) is 0 Å². The third-order valence-corrected chi connectivity index (χ3v) is 7.29. The van der Waals surface area contributed by atoms with E-state index in [0.29, 0.717) is 17.4 Å². The van der Waals surface area contributed by atoms with Crippen molar-refractivity contribution in [2.24, 2.45) is 29.1 Å². The summed E-state index contributed by atoms with van der Waals surface area (Å²) in [5.74, 6) is 4.27. The van der Waals surface area contributed by atoms with Crippen molar-refractivity contribution < 1.29 is 4.79 Å². The molecule has 3 saturated carbocycles. The molecular weight excluding hydrogens is 258 g/mol. The zero-order valence-corrected chi connectivity index (χ0v) is 13.3. The number of rotatable bonds is 0. The Morgan fingerprint density at radius 3 is 2.67 bits per heavy atom. The number of amides is 1. The highest BCUT2D eigenvalue weighted by molar-refractivity contribution is 5.77. The van der Waals surface area contributed by atoms with Gasteiger partial charge < -0.3 is 5.32 Å². The zero-order chi connectivity index (χ0) is 15.0. The van der Waals surface area contributed by atoms with Crippen molar-refractivity contribution in [2.75, 3.05) is 0 Å². The molecule has 21 heavy (non-hydrogen) atoms. The van der Waals surface area contributed by atoms with Crippen LogP contribution in [-0.4, -0.2) is 11.9 Å². The van der Waals surface area contributed by atoms with Crippen LogP contribution >= 0.6 is 0 Å². The molecule has 1 N–H and O–H groups in total. The molecule has 2 heteroatoms. The first-order chi connectivity index (χ1) is 10.2. The maximum atomic E-state index is 11.7. The number of nitrogens with one attached hydrogen (secondary N) is 1. The van der Waals surface area contributed by atoms with Crippen LogP contribution < -0.4 is 5.32 Å². The molecule has 0 aromatic carbocycles. The van der Waals surface area contributed by atoms with Crippen molar-refractivity contribution in [3.8, 4) is 12.8 Å². The smallest absolute Gasteiger partial charge is 0.220 e. The molecule has 1 amide bonds. The summed E-state index contributed by atoms with van der Waals surface area (Å²) in [7, 11) is 0. The predicted molar refractivity (Wildman–Crippen MR) is 85.4 cm³/mol. The summed E-state index contributed by atoms with van der Waals surface area (Å²) in [5.41, 5.74) is 0.407. The van der Waals surface area contributed by atoms with Crippen LogP contribution in [0.15, 0.2) is 0 Å². The molecule has 1 heterocycles. The lowest BCUT2D eigenvalue weighted by Gasteiger charge is -2.57. The van der Waals surface area contributed by atoms with Crippen LogP contribution in [0.1, 0.15) is 64.7 Å². The van der Waals surface area contributed by atoms with E-state index in [4.69, 9.17) is 0 Å². The van der Waals surface area contributed by atoms with Gasteiger partial charge in [-0.05, 0) is 67.6 Å². The maximum Gasteiger partial charge on any atom is 0.220 e. The molecule has 4 rings (SSSR count). The minimum Gasteiger partial charge on any atom is -0.353 e. The van der Waals surface area contributed by atoms with Gasteiger partial charge in [-0.25, -0.2) is 0 Å². The van der Waals surface area contributed by atoms with Crippen molar-refractivity contribution in [1.82, 2.24) is 5.32 Å². The first-order valence-electron chi connectivity index (χ1n) is 8.81. The quantitative estimate of drug-likeness (QED) is 0.675. The Morgan fingerprint density at radius 2 is 1.86 bits per heavy atom.